The van der Waals surface area contributed by atoms with Crippen molar-refractivity contribution in [3.05, 3.63) is 17.3 Å². The van der Waals surface area contributed by atoms with Gasteiger partial charge in [-0.1, -0.05) is 11.6 Å². The molecule has 1 rings (SSSR count). The minimum absolute atomic E-state index is 0.519. The van der Waals surface area contributed by atoms with Crippen LogP contribution in [0.3, 0.4) is 0 Å². The first-order chi connectivity index (χ1) is 7.09. The maximum atomic E-state index is 11.8. The molecule has 0 fully saturated rings. The van der Waals surface area contributed by atoms with Gasteiger partial charge in [-0.15, -0.1) is 13.2 Å². The molecule has 0 aromatic carbocycles. The molecule has 1 aromatic rings. The first kappa shape index (κ1) is 13.3. The van der Waals surface area contributed by atoms with E-state index in [-0.39, 0.29) is 0 Å². The van der Waals surface area contributed by atoms with Gasteiger partial charge in [0.15, 0.2) is 10.8 Å². The van der Waals surface area contributed by atoms with Gasteiger partial charge in [0.1, 0.15) is 0 Å². The molecule has 1 heterocycles. The van der Waals surface area contributed by atoms with Gasteiger partial charge >= 0.3 is 6.36 Å². The maximum absolute atomic E-state index is 11.8. The van der Waals surface area contributed by atoms with Gasteiger partial charge in [0.2, 0.25) is 0 Å². The summed E-state index contributed by atoms with van der Waals surface area (Å²) in [5.74, 6) is -0.807. The van der Waals surface area contributed by atoms with Crippen molar-refractivity contribution in [1.82, 2.24) is 4.98 Å². The van der Waals surface area contributed by atoms with E-state index in [0.29, 0.717) is 12.3 Å². The zero-order valence-corrected chi connectivity index (χ0v) is 9.45. The molecule has 0 saturated carbocycles. The normalized spacial score (nSPS) is 12.6. The maximum Gasteiger partial charge on any atom is 0.573 e. The molecule has 0 radical (unpaired) electrons. The van der Waals surface area contributed by atoms with Crippen molar-refractivity contribution in [2.75, 3.05) is 0 Å². The predicted molar refractivity (Wildman–Crippen MR) is 49.0 cm³/mol. The monoisotopic (exact) mass is 295 g/mol. The third-order valence-corrected chi connectivity index (χ3v) is 2.76. The van der Waals surface area contributed by atoms with Gasteiger partial charge in [-0.25, -0.2) is 13.4 Å². The Morgan fingerprint density at radius 3 is 2.31 bits per heavy atom. The van der Waals surface area contributed by atoms with Crippen molar-refractivity contribution in [3.8, 4) is 5.75 Å². The fourth-order valence-corrected chi connectivity index (χ4v) is 1.68. The highest BCUT2D eigenvalue weighted by Crippen LogP contribution is 2.31. The van der Waals surface area contributed by atoms with Crippen molar-refractivity contribution in [2.24, 2.45) is 0 Å². The molecule has 0 aliphatic rings. The van der Waals surface area contributed by atoms with E-state index in [0.717, 1.165) is 0 Å². The SMILES string of the molecule is O=S(=O)(Cl)c1cc(Cl)c(OC(F)(F)F)cn1. The van der Waals surface area contributed by atoms with Crippen molar-refractivity contribution >= 4 is 31.3 Å². The lowest BCUT2D eigenvalue weighted by molar-refractivity contribution is -0.274. The lowest BCUT2D eigenvalue weighted by Gasteiger charge is -2.09. The highest BCUT2D eigenvalue weighted by molar-refractivity contribution is 8.13. The number of nitrogens with zero attached hydrogens (tertiary/aromatic N) is 1. The van der Waals surface area contributed by atoms with Crippen molar-refractivity contribution in [2.45, 2.75) is 11.4 Å². The molecule has 1 aromatic heterocycles. The summed E-state index contributed by atoms with van der Waals surface area (Å²) < 4.78 is 60.4. The van der Waals surface area contributed by atoms with E-state index >= 15 is 0 Å². The Balaban J connectivity index is 3.11. The summed E-state index contributed by atoms with van der Waals surface area (Å²) in [5.41, 5.74) is 0. The van der Waals surface area contributed by atoms with E-state index in [4.69, 9.17) is 22.3 Å². The van der Waals surface area contributed by atoms with Crippen molar-refractivity contribution in [3.63, 3.8) is 0 Å². The summed E-state index contributed by atoms with van der Waals surface area (Å²) in [5, 5.41) is -1.22. The summed E-state index contributed by atoms with van der Waals surface area (Å²) in [6.45, 7) is 0. The number of ether oxygens (including phenoxy) is 1. The topological polar surface area (TPSA) is 56.3 Å². The molecule has 0 atom stereocenters. The Morgan fingerprint density at radius 2 is 1.94 bits per heavy atom. The van der Waals surface area contributed by atoms with Gasteiger partial charge in [0.05, 0.1) is 11.2 Å². The van der Waals surface area contributed by atoms with Crippen LogP contribution >= 0.6 is 22.3 Å². The fraction of sp³-hybridized carbons (Fsp3) is 0.167. The molecule has 16 heavy (non-hydrogen) atoms. The molecular formula is C6H2Cl2F3NO3S. The van der Waals surface area contributed by atoms with Gasteiger partial charge in [-0.2, -0.15) is 0 Å². The number of alkyl halides is 3. The number of hydrogen-bond donors (Lipinski definition) is 0. The van der Waals surface area contributed by atoms with E-state index in [1.54, 1.807) is 0 Å². The van der Waals surface area contributed by atoms with Crippen LogP contribution in [0.4, 0.5) is 13.2 Å². The Hall–Kier alpha value is -0.730. The van der Waals surface area contributed by atoms with E-state index in [9.17, 15) is 21.6 Å². The first-order valence-corrected chi connectivity index (χ1v) is 6.14. The molecule has 0 aliphatic carbocycles. The fourth-order valence-electron chi connectivity index (χ4n) is 0.734. The number of rotatable bonds is 2. The average molecular weight is 296 g/mol. The van der Waals surface area contributed by atoms with Gasteiger partial charge < -0.3 is 4.74 Å². The molecule has 10 heteroatoms. The van der Waals surface area contributed by atoms with Crippen LogP contribution in [-0.4, -0.2) is 19.8 Å². The number of aromatic nitrogens is 1. The van der Waals surface area contributed by atoms with Crippen LogP contribution in [0, 0.1) is 0 Å². The molecule has 90 valence electrons. The summed E-state index contributed by atoms with van der Waals surface area (Å²) in [4.78, 5) is 3.17. The second kappa shape index (κ2) is 4.27. The quantitative estimate of drug-likeness (QED) is 0.787. The average Bonchev–Trinajstić information content (AvgIpc) is 2.04. The van der Waals surface area contributed by atoms with Crippen molar-refractivity contribution in [1.29, 1.82) is 0 Å². The van der Waals surface area contributed by atoms with E-state index in [1.165, 1.54) is 0 Å². The van der Waals surface area contributed by atoms with Crippen LogP contribution in [0.5, 0.6) is 5.75 Å². The van der Waals surface area contributed by atoms with E-state index in [1.807, 2.05) is 0 Å². The number of hydrogen-bond acceptors (Lipinski definition) is 4. The summed E-state index contributed by atoms with van der Waals surface area (Å²) in [7, 11) is 0.758. The van der Waals surface area contributed by atoms with Gasteiger partial charge in [0, 0.05) is 10.7 Å². The molecule has 4 nitrogen and oxygen atoms in total. The molecule has 0 unspecified atom stereocenters. The Morgan fingerprint density at radius 1 is 1.38 bits per heavy atom. The Bertz CT molecular complexity index is 502. The van der Waals surface area contributed by atoms with Crippen LogP contribution in [0.15, 0.2) is 17.3 Å². The molecule has 0 bridgehead atoms. The molecule has 0 spiro atoms. The molecule has 0 N–H and O–H groups in total. The third kappa shape index (κ3) is 3.69. The lowest BCUT2D eigenvalue weighted by Crippen LogP contribution is -2.17. The number of halogens is 5. The van der Waals surface area contributed by atoms with Crippen LogP contribution in [0.25, 0.3) is 0 Å². The largest absolute Gasteiger partial charge is 0.573 e. The third-order valence-electron chi connectivity index (χ3n) is 1.27. The highest BCUT2D eigenvalue weighted by Gasteiger charge is 2.32. The minimum Gasteiger partial charge on any atom is -0.403 e. The van der Waals surface area contributed by atoms with Gasteiger partial charge in [-0.3, -0.25) is 0 Å². The molecular weight excluding hydrogens is 294 g/mol. The Labute approximate surface area is 97.4 Å². The summed E-state index contributed by atoms with van der Waals surface area (Å²) in [6, 6.07) is 0.658. The zero-order chi connectivity index (χ0) is 12.6. The zero-order valence-electron chi connectivity index (χ0n) is 7.12. The predicted octanol–water partition coefficient (Wildman–Crippen LogP) is 2.56. The lowest BCUT2D eigenvalue weighted by atomic mass is 10.4. The standard InChI is InChI=1S/C6H2Cl2F3NO3S/c7-3-1-5(16(8,13)14)12-2-4(3)15-6(9,10)11/h1-2H. The molecule has 0 amide bonds. The minimum atomic E-state index is -4.94. The van der Waals surface area contributed by atoms with Crippen LogP contribution in [0.1, 0.15) is 0 Å². The summed E-state index contributed by atoms with van der Waals surface area (Å²) >= 11 is 5.35. The van der Waals surface area contributed by atoms with Crippen LogP contribution < -0.4 is 4.74 Å². The van der Waals surface area contributed by atoms with Crippen LogP contribution in [-0.2, 0) is 9.05 Å². The summed E-state index contributed by atoms with van der Waals surface area (Å²) in [6.07, 6.45) is -4.42. The molecule has 0 saturated heterocycles. The second-order valence-electron chi connectivity index (χ2n) is 2.44. The van der Waals surface area contributed by atoms with Crippen molar-refractivity contribution < 1.29 is 26.3 Å². The van der Waals surface area contributed by atoms with Gasteiger partial charge in [-0.05, 0) is 6.07 Å². The van der Waals surface area contributed by atoms with E-state index < -0.39 is 31.2 Å². The van der Waals surface area contributed by atoms with E-state index in [2.05, 4.69) is 9.72 Å². The number of pyridine rings is 1. The molecule has 0 aliphatic heterocycles. The Kier molecular flexibility index (Phi) is 3.56. The smallest absolute Gasteiger partial charge is 0.403 e. The first-order valence-electron chi connectivity index (χ1n) is 3.45. The van der Waals surface area contributed by atoms with Gasteiger partial charge in [0.25, 0.3) is 9.05 Å². The van der Waals surface area contributed by atoms with Crippen LogP contribution in [0.2, 0.25) is 5.02 Å². The highest BCUT2D eigenvalue weighted by atomic mass is 35.7. The second-order valence-corrected chi connectivity index (χ2v) is 5.36.